The first-order chi connectivity index (χ1) is 10.0. The van der Waals surface area contributed by atoms with Gasteiger partial charge in [-0.3, -0.25) is 4.90 Å². The summed E-state index contributed by atoms with van der Waals surface area (Å²) >= 11 is 0. The van der Waals surface area contributed by atoms with Crippen LogP contribution in [0.3, 0.4) is 0 Å². The Morgan fingerprint density at radius 1 is 1.52 bits per heavy atom. The Labute approximate surface area is 123 Å². The van der Waals surface area contributed by atoms with E-state index >= 15 is 0 Å². The number of carboxylic acids is 1. The van der Waals surface area contributed by atoms with E-state index in [1.807, 2.05) is 0 Å². The maximum Gasteiger partial charge on any atom is 0.328 e. The lowest BCUT2D eigenvalue weighted by atomic mass is 10.0. The molecule has 2 rings (SSSR count). The van der Waals surface area contributed by atoms with E-state index in [9.17, 15) is 14.3 Å². The van der Waals surface area contributed by atoms with Crippen molar-refractivity contribution >= 4 is 12.0 Å². The van der Waals surface area contributed by atoms with Gasteiger partial charge in [-0.1, -0.05) is 13.0 Å². The third kappa shape index (κ3) is 3.89. The molecule has 1 fully saturated rings. The summed E-state index contributed by atoms with van der Waals surface area (Å²) in [6.45, 7) is 3.77. The molecular weight excluding hydrogens is 273 g/mol. The zero-order valence-corrected chi connectivity index (χ0v) is 12.0. The maximum absolute atomic E-state index is 13.6. The van der Waals surface area contributed by atoms with Crippen molar-refractivity contribution in [2.75, 3.05) is 13.2 Å². The quantitative estimate of drug-likeness (QED) is 0.816. The maximum atomic E-state index is 13.6. The SMILES string of the molecule is CC1CCN(Cc2ccc(F)c(/C=C/C(=O)O)c2)C1CO. The minimum atomic E-state index is -1.10. The van der Waals surface area contributed by atoms with Crippen molar-refractivity contribution in [3.8, 4) is 0 Å². The Hall–Kier alpha value is -1.72. The lowest BCUT2D eigenvalue weighted by Gasteiger charge is -2.25. The summed E-state index contributed by atoms with van der Waals surface area (Å²) in [6.07, 6.45) is 3.23. The van der Waals surface area contributed by atoms with E-state index in [0.717, 1.165) is 24.6 Å². The molecule has 1 aromatic carbocycles. The summed E-state index contributed by atoms with van der Waals surface area (Å²) < 4.78 is 13.6. The van der Waals surface area contributed by atoms with Gasteiger partial charge in [0.25, 0.3) is 0 Å². The first-order valence-electron chi connectivity index (χ1n) is 7.05. The van der Waals surface area contributed by atoms with E-state index in [1.54, 1.807) is 12.1 Å². The van der Waals surface area contributed by atoms with Crippen LogP contribution in [0.4, 0.5) is 4.39 Å². The molecule has 1 aliphatic rings. The minimum Gasteiger partial charge on any atom is -0.478 e. The van der Waals surface area contributed by atoms with Crippen LogP contribution >= 0.6 is 0 Å². The van der Waals surface area contributed by atoms with Crippen LogP contribution in [-0.4, -0.2) is 40.3 Å². The summed E-state index contributed by atoms with van der Waals surface area (Å²) in [4.78, 5) is 12.7. The van der Waals surface area contributed by atoms with Crippen LogP contribution in [0, 0.1) is 11.7 Å². The van der Waals surface area contributed by atoms with Gasteiger partial charge in [0.05, 0.1) is 6.61 Å². The molecule has 2 atom stereocenters. The van der Waals surface area contributed by atoms with Crippen LogP contribution in [0.5, 0.6) is 0 Å². The Morgan fingerprint density at radius 2 is 2.29 bits per heavy atom. The molecule has 0 aliphatic carbocycles. The minimum absolute atomic E-state index is 0.119. The first kappa shape index (κ1) is 15.7. The number of halogens is 1. The van der Waals surface area contributed by atoms with E-state index in [4.69, 9.17) is 5.11 Å². The number of hydrogen-bond donors (Lipinski definition) is 2. The van der Waals surface area contributed by atoms with Gasteiger partial charge in [0.2, 0.25) is 0 Å². The van der Waals surface area contributed by atoms with Crippen LogP contribution in [0.25, 0.3) is 6.08 Å². The second-order valence-electron chi connectivity index (χ2n) is 5.51. The molecule has 0 bridgehead atoms. The number of aliphatic carboxylic acids is 1. The molecule has 4 nitrogen and oxygen atoms in total. The standard InChI is InChI=1S/C16H20FNO3/c1-11-6-7-18(15(11)10-19)9-12-2-4-14(17)13(8-12)3-5-16(20)21/h2-5,8,11,15,19H,6-7,9-10H2,1H3,(H,20,21)/b5-3+. The molecule has 21 heavy (non-hydrogen) atoms. The summed E-state index contributed by atoms with van der Waals surface area (Å²) in [5.41, 5.74) is 1.18. The molecular formula is C16H20FNO3. The fourth-order valence-corrected chi connectivity index (χ4v) is 2.79. The zero-order chi connectivity index (χ0) is 15.4. The van der Waals surface area contributed by atoms with Gasteiger partial charge in [0.15, 0.2) is 0 Å². The molecule has 0 amide bonds. The van der Waals surface area contributed by atoms with E-state index in [0.29, 0.717) is 12.5 Å². The van der Waals surface area contributed by atoms with Crippen molar-refractivity contribution in [3.05, 3.63) is 41.2 Å². The third-order valence-electron chi connectivity index (χ3n) is 4.04. The number of likely N-dealkylation sites (tertiary alicyclic amines) is 1. The highest BCUT2D eigenvalue weighted by Crippen LogP contribution is 2.25. The van der Waals surface area contributed by atoms with Gasteiger partial charge < -0.3 is 10.2 Å². The molecule has 0 aromatic heterocycles. The summed E-state index contributed by atoms with van der Waals surface area (Å²) in [5.74, 6) is -1.10. The molecule has 1 heterocycles. The molecule has 2 unspecified atom stereocenters. The number of nitrogens with zero attached hydrogens (tertiary/aromatic N) is 1. The molecule has 5 heteroatoms. The molecule has 114 valence electrons. The number of aliphatic hydroxyl groups excluding tert-OH is 1. The van der Waals surface area contributed by atoms with Crippen LogP contribution in [0.1, 0.15) is 24.5 Å². The fraction of sp³-hybridized carbons (Fsp3) is 0.438. The molecule has 1 aliphatic heterocycles. The van der Waals surface area contributed by atoms with Crippen molar-refractivity contribution in [3.63, 3.8) is 0 Å². The van der Waals surface area contributed by atoms with Crippen molar-refractivity contribution in [1.29, 1.82) is 0 Å². The summed E-state index contributed by atoms with van der Waals surface area (Å²) in [6, 6.07) is 4.84. The molecule has 0 spiro atoms. The molecule has 0 radical (unpaired) electrons. The van der Waals surface area contributed by atoms with E-state index < -0.39 is 11.8 Å². The van der Waals surface area contributed by atoms with Gasteiger partial charge >= 0.3 is 5.97 Å². The Kier molecular flexibility index (Phi) is 5.09. The Bertz CT molecular complexity index is 544. The number of benzene rings is 1. The highest BCUT2D eigenvalue weighted by Gasteiger charge is 2.30. The number of rotatable bonds is 5. The number of hydrogen-bond acceptors (Lipinski definition) is 3. The third-order valence-corrected chi connectivity index (χ3v) is 4.04. The zero-order valence-electron chi connectivity index (χ0n) is 12.0. The second-order valence-corrected chi connectivity index (χ2v) is 5.51. The second kappa shape index (κ2) is 6.83. The van der Waals surface area contributed by atoms with Crippen LogP contribution < -0.4 is 0 Å². The fourth-order valence-electron chi connectivity index (χ4n) is 2.79. The van der Waals surface area contributed by atoms with E-state index in [1.165, 1.54) is 12.1 Å². The largest absolute Gasteiger partial charge is 0.478 e. The Morgan fingerprint density at radius 3 is 2.95 bits per heavy atom. The predicted molar refractivity (Wildman–Crippen MR) is 78.1 cm³/mol. The normalized spacial score (nSPS) is 23.0. The molecule has 2 N–H and O–H groups in total. The van der Waals surface area contributed by atoms with Gasteiger partial charge in [0.1, 0.15) is 5.82 Å². The Balaban J connectivity index is 2.14. The topological polar surface area (TPSA) is 60.8 Å². The van der Waals surface area contributed by atoms with Gasteiger partial charge in [-0.25, -0.2) is 9.18 Å². The highest BCUT2D eigenvalue weighted by molar-refractivity contribution is 5.85. The lowest BCUT2D eigenvalue weighted by Crippen LogP contribution is -2.34. The summed E-state index contributed by atoms with van der Waals surface area (Å²) in [7, 11) is 0. The smallest absolute Gasteiger partial charge is 0.328 e. The first-order valence-corrected chi connectivity index (χ1v) is 7.05. The van der Waals surface area contributed by atoms with Crippen LogP contribution in [0.15, 0.2) is 24.3 Å². The van der Waals surface area contributed by atoms with Gasteiger partial charge in [0, 0.05) is 24.2 Å². The van der Waals surface area contributed by atoms with Gasteiger partial charge in [-0.2, -0.15) is 0 Å². The van der Waals surface area contributed by atoms with Crippen LogP contribution in [-0.2, 0) is 11.3 Å². The molecule has 0 saturated carbocycles. The number of carbonyl (C=O) groups is 1. The van der Waals surface area contributed by atoms with Crippen molar-refractivity contribution in [2.24, 2.45) is 5.92 Å². The van der Waals surface area contributed by atoms with E-state index in [-0.39, 0.29) is 18.2 Å². The van der Waals surface area contributed by atoms with Gasteiger partial charge in [-0.05, 0) is 42.7 Å². The molecule has 1 aromatic rings. The average Bonchev–Trinajstić information content (AvgIpc) is 2.79. The predicted octanol–water partition coefficient (Wildman–Crippen LogP) is 2.13. The summed E-state index contributed by atoms with van der Waals surface area (Å²) in [5, 5.41) is 18.1. The molecule has 1 saturated heterocycles. The van der Waals surface area contributed by atoms with Crippen molar-refractivity contribution in [1.82, 2.24) is 4.90 Å². The van der Waals surface area contributed by atoms with Crippen molar-refractivity contribution < 1.29 is 19.4 Å². The van der Waals surface area contributed by atoms with Crippen molar-refractivity contribution in [2.45, 2.75) is 25.9 Å². The highest BCUT2D eigenvalue weighted by atomic mass is 19.1. The average molecular weight is 293 g/mol. The number of aliphatic hydroxyl groups is 1. The monoisotopic (exact) mass is 293 g/mol. The van der Waals surface area contributed by atoms with Gasteiger partial charge in [-0.15, -0.1) is 0 Å². The lowest BCUT2D eigenvalue weighted by molar-refractivity contribution is -0.131. The van der Waals surface area contributed by atoms with E-state index in [2.05, 4.69) is 11.8 Å². The van der Waals surface area contributed by atoms with Crippen LogP contribution in [0.2, 0.25) is 0 Å². The number of carboxylic acid groups (broad SMARTS) is 1.